The third-order valence-corrected chi connectivity index (χ3v) is 4.16. The first-order valence-corrected chi connectivity index (χ1v) is 11.0. The Bertz CT molecular complexity index is 445. The van der Waals surface area contributed by atoms with Gasteiger partial charge in [0, 0.05) is 23.2 Å². The molecular weight excluding hydrogens is 395 g/mol. The smallest absolute Gasteiger partial charge is 0.759 e. The fourth-order valence-electron chi connectivity index (χ4n) is 2.70. The van der Waals surface area contributed by atoms with Crippen molar-refractivity contribution in [2.75, 3.05) is 21.1 Å². The maximum atomic E-state index is 11.9. The zero-order valence-electron chi connectivity index (χ0n) is 18.3. The maximum absolute atomic E-state index is 11.9. The summed E-state index contributed by atoms with van der Waals surface area (Å²) in [6, 6.07) is 0. The van der Waals surface area contributed by atoms with Crippen LogP contribution in [0, 0.1) is 0 Å². The molecule has 0 saturated heterocycles. The number of carbonyl (C=O) groups is 1. The van der Waals surface area contributed by atoms with Gasteiger partial charge in [-0.2, -0.15) is 0 Å². The molecule has 1 N–H and O–H groups in total. The number of amides is 1. The van der Waals surface area contributed by atoms with Gasteiger partial charge in [-0.1, -0.05) is 65.2 Å². The fraction of sp³-hybridized carbons (Fsp3) is 0.944. The van der Waals surface area contributed by atoms with E-state index in [0.717, 1.165) is 17.3 Å². The van der Waals surface area contributed by atoms with Crippen LogP contribution >= 0.6 is 0 Å². The molecule has 9 heteroatoms. The van der Waals surface area contributed by atoms with Crippen LogP contribution in [0.1, 0.15) is 84.5 Å². The quantitative estimate of drug-likeness (QED) is 0.111. The Morgan fingerprint density at radius 1 is 0.889 bits per heavy atom. The number of rotatable bonds is 13. The SMILES string of the molecule is CCCCCCCCCCCC(=O)NC(CC)[N+](C)(C)C.O=S(=O)([O-])[O-].[K+]. The predicted molar refractivity (Wildman–Crippen MR) is 103 cm³/mol. The number of unbranched alkanes of at least 4 members (excludes halogenated alkanes) is 8. The van der Waals surface area contributed by atoms with Crippen LogP contribution in [0.2, 0.25) is 0 Å². The molecule has 0 heterocycles. The van der Waals surface area contributed by atoms with Crippen molar-refractivity contribution in [2.24, 2.45) is 0 Å². The van der Waals surface area contributed by atoms with E-state index in [9.17, 15) is 4.79 Å². The minimum atomic E-state index is -5.17. The van der Waals surface area contributed by atoms with Crippen LogP contribution in [0.3, 0.4) is 0 Å². The van der Waals surface area contributed by atoms with Gasteiger partial charge in [0.2, 0.25) is 5.91 Å². The van der Waals surface area contributed by atoms with Crippen LogP contribution in [0.25, 0.3) is 0 Å². The van der Waals surface area contributed by atoms with Crippen molar-refractivity contribution in [1.82, 2.24) is 5.32 Å². The van der Waals surface area contributed by atoms with Crippen LogP contribution in [-0.4, -0.2) is 55.2 Å². The summed E-state index contributed by atoms with van der Waals surface area (Å²) in [5.74, 6) is 0.220. The summed E-state index contributed by atoms with van der Waals surface area (Å²) in [4.78, 5) is 11.9. The van der Waals surface area contributed by atoms with E-state index in [2.05, 4.69) is 40.3 Å². The Hall–Kier alpha value is 0.936. The zero-order chi connectivity index (χ0) is 20.6. The first-order chi connectivity index (χ1) is 11.9. The predicted octanol–water partition coefficient (Wildman–Crippen LogP) is 0.132. The zero-order valence-corrected chi connectivity index (χ0v) is 22.2. The summed E-state index contributed by atoms with van der Waals surface area (Å²) in [7, 11) is 1.23. The molecule has 0 fully saturated rings. The average Bonchev–Trinajstić information content (AvgIpc) is 2.48. The second kappa shape index (κ2) is 18.9. The maximum Gasteiger partial charge on any atom is 1.00 e. The van der Waals surface area contributed by atoms with E-state index in [4.69, 9.17) is 17.5 Å². The first-order valence-electron chi connectivity index (χ1n) is 9.69. The van der Waals surface area contributed by atoms with E-state index >= 15 is 0 Å². The van der Waals surface area contributed by atoms with E-state index in [0.29, 0.717) is 6.42 Å². The minimum Gasteiger partial charge on any atom is -0.759 e. The molecule has 0 aromatic rings. The Kier molecular flexibility index (Phi) is 22.9. The van der Waals surface area contributed by atoms with Gasteiger partial charge in [-0.15, -0.1) is 0 Å². The summed E-state index contributed by atoms with van der Waals surface area (Å²) in [5.41, 5.74) is 0. The van der Waals surface area contributed by atoms with Gasteiger partial charge in [0.15, 0.2) is 6.17 Å². The van der Waals surface area contributed by atoms with E-state index < -0.39 is 10.4 Å². The molecule has 0 aromatic carbocycles. The average molecular weight is 435 g/mol. The molecular formula is C18H39KN2O5S. The molecule has 1 amide bonds. The number of hydrogen-bond donors (Lipinski definition) is 1. The van der Waals surface area contributed by atoms with Gasteiger partial charge >= 0.3 is 51.4 Å². The van der Waals surface area contributed by atoms with Gasteiger partial charge < -0.3 is 18.9 Å². The normalized spacial score (nSPS) is 12.4. The van der Waals surface area contributed by atoms with Crippen molar-refractivity contribution in [2.45, 2.75) is 90.6 Å². The van der Waals surface area contributed by atoms with Gasteiger partial charge in [-0.3, -0.25) is 13.2 Å². The van der Waals surface area contributed by atoms with Gasteiger partial charge in [-0.05, 0) is 6.42 Å². The van der Waals surface area contributed by atoms with Crippen molar-refractivity contribution in [3.05, 3.63) is 0 Å². The third kappa shape index (κ3) is 29.2. The third-order valence-electron chi connectivity index (χ3n) is 4.16. The Labute approximate surface area is 209 Å². The van der Waals surface area contributed by atoms with Crippen molar-refractivity contribution in [3.63, 3.8) is 0 Å². The molecule has 1 atom stereocenters. The van der Waals surface area contributed by atoms with E-state index in [1.54, 1.807) is 0 Å². The van der Waals surface area contributed by atoms with Gasteiger partial charge in [0.1, 0.15) is 0 Å². The van der Waals surface area contributed by atoms with Crippen LogP contribution in [0.5, 0.6) is 0 Å². The molecule has 7 nitrogen and oxygen atoms in total. The topological polar surface area (TPSA) is 109 Å². The molecule has 0 radical (unpaired) electrons. The van der Waals surface area contributed by atoms with Crippen molar-refractivity contribution < 1.29 is 78.2 Å². The first kappa shape index (κ1) is 32.6. The van der Waals surface area contributed by atoms with Crippen LogP contribution in [-0.2, 0) is 15.2 Å². The second-order valence-electron chi connectivity index (χ2n) is 7.59. The van der Waals surface area contributed by atoms with Crippen LogP contribution < -0.4 is 56.7 Å². The molecule has 0 aromatic heterocycles. The number of carbonyl (C=O) groups excluding carboxylic acids is 1. The molecule has 0 spiro atoms. The monoisotopic (exact) mass is 434 g/mol. The van der Waals surface area contributed by atoms with Gasteiger partial charge in [0.25, 0.3) is 0 Å². The van der Waals surface area contributed by atoms with Crippen molar-refractivity contribution in [3.8, 4) is 0 Å². The number of hydrogen-bond acceptors (Lipinski definition) is 5. The second-order valence-corrected chi connectivity index (χ2v) is 8.41. The van der Waals surface area contributed by atoms with E-state index in [-0.39, 0.29) is 63.5 Å². The summed E-state index contributed by atoms with van der Waals surface area (Å²) >= 11 is 0. The van der Waals surface area contributed by atoms with Crippen molar-refractivity contribution in [1.29, 1.82) is 0 Å². The van der Waals surface area contributed by atoms with Crippen LogP contribution in [0.15, 0.2) is 0 Å². The standard InChI is InChI=1S/C18H38N2O.K.H2O4S/c1-6-8-9-10-11-12-13-14-15-16-18(21)19-17(7-2)20(3,4)5;;1-5(2,3)4/h17H,6-16H2,1-5H3;;(H2,1,2,3,4)/q;+1;/p-1. The molecule has 0 aliphatic rings. The fourth-order valence-corrected chi connectivity index (χ4v) is 2.70. The van der Waals surface area contributed by atoms with Gasteiger partial charge in [0.05, 0.1) is 21.1 Å². The number of quaternary nitrogens is 1. The summed E-state index contributed by atoms with van der Waals surface area (Å²) < 4.78 is 34.9. The molecule has 0 rings (SSSR count). The summed E-state index contributed by atoms with van der Waals surface area (Å²) in [5, 5.41) is 3.17. The molecule has 0 aliphatic carbocycles. The molecule has 0 aliphatic heterocycles. The molecule has 158 valence electrons. The molecule has 1 unspecified atom stereocenters. The van der Waals surface area contributed by atoms with E-state index in [1.807, 2.05) is 0 Å². The number of nitrogens with zero attached hydrogens (tertiary/aromatic N) is 1. The largest absolute Gasteiger partial charge is 1.00 e. The summed E-state index contributed by atoms with van der Waals surface area (Å²) in [6.45, 7) is 4.39. The number of nitrogens with one attached hydrogen (secondary N) is 1. The Morgan fingerprint density at radius 3 is 1.59 bits per heavy atom. The van der Waals surface area contributed by atoms with Crippen molar-refractivity contribution >= 4 is 16.3 Å². The molecule has 0 bridgehead atoms. The van der Waals surface area contributed by atoms with E-state index in [1.165, 1.54) is 51.4 Å². The molecule has 0 saturated carbocycles. The minimum absolute atomic E-state index is 0. The summed E-state index contributed by atoms with van der Waals surface area (Å²) in [6.07, 6.45) is 13.6. The molecule has 27 heavy (non-hydrogen) atoms. The Morgan fingerprint density at radius 2 is 1.26 bits per heavy atom. The Balaban J connectivity index is -0.000000844. The van der Waals surface area contributed by atoms with Crippen LogP contribution in [0.4, 0.5) is 0 Å². The van der Waals surface area contributed by atoms with Gasteiger partial charge in [-0.25, -0.2) is 0 Å².